The molecule has 0 spiro atoms. The Balaban J connectivity index is 2.17. The average Bonchev–Trinajstić information content (AvgIpc) is 2.86. The quantitative estimate of drug-likeness (QED) is 0.869. The third kappa shape index (κ3) is 2.92. The van der Waals surface area contributed by atoms with E-state index in [1.807, 2.05) is 12.1 Å². The van der Waals surface area contributed by atoms with Crippen molar-refractivity contribution in [2.75, 3.05) is 7.05 Å². The Morgan fingerprint density at radius 3 is 2.44 bits per heavy atom. The van der Waals surface area contributed by atoms with Gasteiger partial charge in [0.2, 0.25) is 0 Å². The second-order valence-electron chi connectivity index (χ2n) is 3.82. The van der Waals surface area contributed by atoms with E-state index in [4.69, 9.17) is 11.6 Å². The fraction of sp³-hybridized carbons (Fsp3) is 0.167. The molecule has 0 saturated carbocycles. The summed E-state index contributed by atoms with van der Waals surface area (Å²) >= 11 is 7.01. The largest absolute Gasteiger partial charge is 0.252 e. The van der Waals surface area contributed by atoms with Crippen LogP contribution in [0.3, 0.4) is 0 Å². The molecule has 3 nitrogen and oxygen atoms in total. The molecule has 1 aromatic carbocycles. The number of nitrogens with zero attached hydrogens (tertiary/aromatic N) is 1. The molecule has 0 fully saturated rings. The van der Waals surface area contributed by atoms with Crippen LogP contribution in [-0.4, -0.2) is 19.8 Å². The summed E-state index contributed by atoms with van der Waals surface area (Å²) < 4.78 is 26.0. The van der Waals surface area contributed by atoms with Crippen LogP contribution >= 0.6 is 22.9 Å². The molecule has 1 aromatic heterocycles. The first-order valence-electron chi connectivity index (χ1n) is 5.24. The summed E-state index contributed by atoms with van der Waals surface area (Å²) in [7, 11) is -1.81. The standard InChI is InChI=1S/C12H12ClNO2S2/c1-14(9-10-4-6-11(13)7-5-10)18(15,16)12-3-2-8-17-12/h2-8H,9H2,1H3. The summed E-state index contributed by atoms with van der Waals surface area (Å²) in [4.78, 5) is 0. The predicted molar refractivity (Wildman–Crippen MR) is 74.4 cm³/mol. The van der Waals surface area contributed by atoms with Gasteiger partial charge in [-0.05, 0) is 29.1 Å². The molecule has 0 radical (unpaired) electrons. The number of rotatable bonds is 4. The van der Waals surface area contributed by atoms with Crippen molar-refractivity contribution in [3.05, 3.63) is 52.4 Å². The molecule has 96 valence electrons. The lowest BCUT2D eigenvalue weighted by Gasteiger charge is -2.16. The molecule has 0 atom stereocenters. The molecule has 0 bridgehead atoms. The summed E-state index contributed by atoms with van der Waals surface area (Å²) in [6.07, 6.45) is 0. The third-order valence-electron chi connectivity index (χ3n) is 2.48. The van der Waals surface area contributed by atoms with Gasteiger partial charge in [-0.15, -0.1) is 11.3 Å². The topological polar surface area (TPSA) is 37.4 Å². The number of halogens is 1. The maximum Gasteiger partial charge on any atom is 0.252 e. The Labute approximate surface area is 116 Å². The summed E-state index contributed by atoms with van der Waals surface area (Å²) in [5, 5.41) is 2.39. The molecule has 18 heavy (non-hydrogen) atoms. The van der Waals surface area contributed by atoms with Gasteiger partial charge in [0.25, 0.3) is 10.0 Å². The van der Waals surface area contributed by atoms with Gasteiger partial charge in [-0.3, -0.25) is 0 Å². The van der Waals surface area contributed by atoms with Gasteiger partial charge in [-0.25, -0.2) is 8.42 Å². The highest BCUT2D eigenvalue weighted by molar-refractivity contribution is 7.91. The molecule has 0 saturated heterocycles. The van der Waals surface area contributed by atoms with Crippen LogP contribution in [0.1, 0.15) is 5.56 Å². The zero-order valence-corrected chi connectivity index (χ0v) is 12.1. The third-order valence-corrected chi connectivity index (χ3v) is 5.91. The van der Waals surface area contributed by atoms with Gasteiger partial charge in [0.1, 0.15) is 4.21 Å². The van der Waals surface area contributed by atoms with Crippen molar-refractivity contribution in [3.8, 4) is 0 Å². The fourth-order valence-electron chi connectivity index (χ4n) is 1.50. The highest BCUT2D eigenvalue weighted by Gasteiger charge is 2.21. The Kier molecular flexibility index (Phi) is 4.07. The van der Waals surface area contributed by atoms with Crippen LogP contribution in [0.2, 0.25) is 5.02 Å². The summed E-state index contributed by atoms with van der Waals surface area (Å²) in [5.74, 6) is 0. The smallest absolute Gasteiger partial charge is 0.206 e. The second-order valence-corrected chi connectivity index (χ2v) is 7.48. The van der Waals surface area contributed by atoms with Crippen molar-refractivity contribution in [2.24, 2.45) is 0 Å². The highest BCUT2D eigenvalue weighted by atomic mass is 35.5. The molecule has 0 aliphatic heterocycles. The number of thiophene rings is 1. The van der Waals surface area contributed by atoms with E-state index >= 15 is 0 Å². The molecule has 6 heteroatoms. The van der Waals surface area contributed by atoms with Gasteiger partial charge in [0.15, 0.2) is 0 Å². The average molecular weight is 302 g/mol. The van der Waals surface area contributed by atoms with Crippen LogP contribution in [0.15, 0.2) is 46.0 Å². The zero-order valence-electron chi connectivity index (χ0n) is 9.71. The fourth-order valence-corrected chi connectivity index (χ4v) is 3.98. The van der Waals surface area contributed by atoms with Gasteiger partial charge in [0.05, 0.1) is 0 Å². The van der Waals surface area contributed by atoms with E-state index in [-0.39, 0.29) is 0 Å². The first kappa shape index (κ1) is 13.5. The Morgan fingerprint density at radius 2 is 1.89 bits per heavy atom. The lowest BCUT2D eigenvalue weighted by Crippen LogP contribution is -2.25. The number of benzene rings is 1. The second kappa shape index (κ2) is 5.40. The molecule has 0 unspecified atom stereocenters. The molecular weight excluding hydrogens is 290 g/mol. The van der Waals surface area contributed by atoms with Gasteiger partial charge >= 0.3 is 0 Å². The Morgan fingerprint density at radius 1 is 1.22 bits per heavy atom. The Bertz CT molecular complexity index is 606. The molecule has 0 N–H and O–H groups in total. The van der Waals surface area contributed by atoms with E-state index in [1.54, 1.807) is 36.7 Å². The SMILES string of the molecule is CN(Cc1ccc(Cl)cc1)S(=O)(=O)c1cccs1. The van der Waals surface area contributed by atoms with Crippen molar-refractivity contribution in [2.45, 2.75) is 10.8 Å². The van der Waals surface area contributed by atoms with Crippen molar-refractivity contribution in [3.63, 3.8) is 0 Å². The number of sulfonamides is 1. The minimum atomic E-state index is -3.39. The van der Waals surface area contributed by atoms with Gasteiger partial charge < -0.3 is 0 Å². The minimum absolute atomic E-state index is 0.331. The molecule has 0 aliphatic rings. The van der Waals surface area contributed by atoms with Crippen molar-refractivity contribution in [1.82, 2.24) is 4.31 Å². The van der Waals surface area contributed by atoms with Crippen LogP contribution in [0, 0.1) is 0 Å². The van der Waals surface area contributed by atoms with Crippen LogP contribution in [0.5, 0.6) is 0 Å². The molecule has 2 aromatic rings. The zero-order chi connectivity index (χ0) is 13.2. The van der Waals surface area contributed by atoms with Crippen LogP contribution in [0.25, 0.3) is 0 Å². The lowest BCUT2D eigenvalue weighted by molar-refractivity contribution is 0.468. The predicted octanol–water partition coefficient (Wildman–Crippen LogP) is 3.22. The maximum absolute atomic E-state index is 12.2. The van der Waals surface area contributed by atoms with Gasteiger partial charge in [-0.1, -0.05) is 29.8 Å². The normalized spacial score (nSPS) is 11.9. The highest BCUT2D eigenvalue weighted by Crippen LogP contribution is 2.21. The van der Waals surface area contributed by atoms with Crippen molar-refractivity contribution in [1.29, 1.82) is 0 Å². The number of hydrogen-bond acceptors (Lipinski definition) is 3. The Hall–Kier alpha value is -0.880. The lowest BCUT2D eigenvalue weighted by atomic mass is 10.2. The summed E-state index contributed by atoms with van der Waals surface area (Å²) in [6, 6.07) is 10.5. The summed E-state index contributed by atoms with van der Waals surface area (Å²) in [6.45, 7) is 0.331. The summed E-state index contributed by atoms with van der Waals surface area (Å²) in [5.41, 5.74) is 0.905. The van der Waals surface area contributed by atoms with E-state index in [1.165, 1.54) is 15.6 Å². The first-order valence-corrected chi connectivity index (χ1v) is 7.94. The van der Waals surface area contributed by atoms with E-state index in [0.29, 0.717) is 15.8 Å². The molecule has 0 amide bonds. The van der Waals surface area contributed by atoms with Gasteiger partial charge in [-0.2, -0.15) is 4.31 Å². The van der Waals surface area contributed by atoms with E-state index in [2.05, 4.69) is 0 Å². The molecule has 0 aliphatic carbocycles. The van der Waals surface area contributed by atoms with E-state index in [9.17, 15) is 8.42 Å². The van der Waals surface area contributed by atoms with E-state index in [0.717, 1.165) is 5.56 Å². The number of hydrogen-bond donors (Lipinski definition) is 0. The van der Waals surface area contributed by atoms with Crippen LogP contribution in [-0.2, 0) is 16.6 Å². The molecular formula is C12H12ClNO2S2. The minimum Gasteiger partial charge on any atom is -0.206 e. The van der Waals surface area contributed by atoms with Crippen LogP contribution in [0.4, 0.5) is 0 Å². The molecule has 2 rings (SSSR count). The first-order chi connectivity index (χ1) is 8.50. The van der Waals surface area contributed by atoms with Crippen molar-refractivity contribution < 1.29 is 8.42 Å². The van der Waals surface area contributed by atoms with Crippen molar-refractivity contribution >= 4 is 33.0 Å². The van der Waals surface area contributed by atoms with Crippen LogP contribution < -0.4 is 0 Å². The monoisotopic (exact) mass is 301 g/mol. The molecule has 1 heterocycles. The van der Waals surface area contributed by atoms with Gasteiger partial charge in [0, 0.05) is 18.6 Å². The van der Waals surface area contributed by atoms with E-state index < -0.39 is 10.0 Å². The maximum atomic E-state index is 12.2.